The molecule has 18 heavy (non-hydrogen) atoms. The van der Waals surface area contributed by atoms with Crippen molar-refractivity contribution in [1.82, 2.24) is 10.2 Å². The Hall–Kier alpha value is -1.10. The van der Waals surface area contributed by atoms with Crippen LogP contribution >= 0.6 is 0 Å². The molecule has 2 rings (SSSR count). The van der Waals surface area contributed by atoms with E-state index in [0.29, 0.717) is 13.0 Å². The third-order valence-electron chi connectivity index (χ3n) is 4.01. The largest absolute Gasteiger partial charge is 0.385 e. The van der Waals surface area contributed by atoms with Crippen LogP contribution in [0.2, 0.25) is 0 Å². The van der Waals surface area contributed by atoms with E-state index in [1.54, 1.807) is 12.0 Å². The van der Waals surface area contributed by atoms with E-state index in [1.807, 2.05) is 6.92 Å². The number of methoxy groups -OCH3 is 1. The number of carbonyl (C=O) groups excluding carboxylic acids is 2. The van der Waals surface area contributed by atoms with Crippen molar-refractivity contribution in [3.8, 4) is 0 Å². The van der Waals surface area contributed by atoms with Gasteiger partial charge in [-0.15, -0.1) is 0 Å². The van der Waals surface area contributed by atoms with Crippen LogP contribution in [0, 0.1) is 5.41 Å². The zero-order valence-corrected chi connectivity index (χ0v) is 11.2. The summed E-state index contributed by atoms with van der Waals surface area (Å²) in [6.07, 6.45) is 3.91. The minimum absolute atomic E-state index is 0.0380. The second-order valence-electron chi connectivity index (χ2n) is 5.47. The van der Waals surface area contributed by atoms with E-state index in [-0.39, 0.29) is 29.8 Å². The highest BCUT2D eigenvalue weighted by Crippen LogP contribution is 2.49. The number of carbonyl (C=O) groups is 2. The average Bonchev–Trinajstić information content (AvgIpc) is 3.11. The molecule has 2 aliphatic rings. The summed E-state index contributed by atoms with van der Waals surface area (Å²) in [5.41, 5.74) is 0.210. The van der Waals surface area contributed by atoms with E-state index >= 15 is 0 Å². The van der Waals surface area contributed by atoms with Gasteiger partial charge in [-0.3, -0.25) is 9.59 Å². The van der Waals surface area contributed by atoms with Crippen LogP contribution in [-0.4, -0.2) is 49.6 Å². The van der Waals surface area contributed by atoms with Gasteiger partial charge in [0.05, 0.1) is 6.54 Å². The first kappa shape index (κ1) is 13.3. The van der Waals surface area contributed by atoms with Gasteiger partial charge >= 0.3 is 0 Å². The predicted octanol–water partition coefficient (Wildman–Crippen LogP) is 0.540. The normalized spacial score (nSPS) is 26.1. The lowest BCUT2D eigenvalue weighted by Crippen LogP contribution is -2.58. The summed E-state index contributed by atoms with van der Waals surface area (Å²) in [7, 11) is 1.70. The van der Waals surface area contributed by atoms with Crippen LogP contribution in [0.15, 0.2) is 0 Å². The molecule has 1 heterocycles. The van der Waals surface area contributed by atoms with Crippen LogP contribution in [0.25, 0.3) is 0 Å². The van der Waals surface area contributed by atoms with Crippen LogP contribution in [0.4, 0.5) is 0 Å². The fraction of sp³-hybridized carbons (Fsp3) is 0.846. The summed E-state index contributed by atoms with van der Waals surface area (Å²) in [6.45, 7) is 3.57. The first-order valence-corrected chi connectivity index (χ1v) is 6.67. The number of hydrogen-bond donors (Lipinski definition) is 1. The monoisotopic (exact) mass is 254 g/mol. The molecule has 2 fully saturated rings. The molecule has 1 saturated heterocycles. The van der Waals surface area contributed by atoms with Crippen molar-refractivity contribution < 1.29 is 14.3 Å². The van der Waals surface area contributed by atoms with Crippen LogP contribution < -0.4 is 5.32 Å². The lowest BCUT2D eigenvalue weighted by molar-refractivity contribution is -0.145. The molecule has 5 nitrogen and oxygen atoms in total. The van der Waals surface area contributed by atoms with Crippen LogP contribution in [-0.2, 0) is 14.3 Å². The Morgan fingerprint density at radius 2 is 2.17 bits per heavy atom. The van der Waals surface area contributed by atoms with E-state index in [0.717, 1.165) is 25.9 Å². The van der Waals surface area contributed by atoms with Gasteiger partial charge in [-0.25, -0.2) is 0 Å². The second-order valence-corrected chi connectivity index (χ2v) is 5.47. The summed E-state index contributed by atoms with van der Waals surface area (Å²) in [5.74, 6) is 0.0322. The molecule has 5 heteroatoms. The van der Waals surface area contributed by atoms with Crippen molar-refractivity contribution in [2.24, 2.45) is 5.41 Å². The first-order chi connectivity index (χ1) is 8.60. The van der Waals surface area contributed by atoms with Crippen molar-refractivity contribution in [3.05, 3.63) is 0 Å². The van der Waals surface area contributed by atoms with E-state index < -0.39 is 0 Å². The molecule has 1 aliphatic carbocycles. The molecule has 102 valence electrons. The highest BCUT2D eigenvalue weighted by molar-refractivity contribution is 5.94. The summed E-state index contributed by atoms with van der Waals surface area (Å²) < 4.78 is 5.11. The number of ether oxygens (including phenoxy) is 1. The zero-order valence-electron chi connectivity index (χ0n) is 11.2. The topological polar surface area (TPSA) is 58.6 Å². The maximum atomic E-state index is 12.2. The number of amides is 2. The molecule has 0 spiro atoms. The number of rotatable bonds is 6. The molecule has 0 aromatic carbocycles. The van der Waals surface area contributed by atoms with Gasteiger partial charge in [-0.05, 0) is 31.1 Å². The third-order valence-corrected chi connectivity index (χ3v) is 4.01. The summed E-state index contributed by atoms with van der Waals surface area (Å²) >= 11 is 0. The molecular formula is C13H22N2O3. The van der Waals surface area contributed by atoms with E-state index in [4.69, 9.17) is 4.74 Å². The molecule has 0 bridgehead atoms. The average molecular weight is 254 g/mol. The molecule has 0 aromatic rings. The number of hydrogen-bond acceptors (Lipinski definition) is 3. The van der Waals surface area contributed by atoms with Gasteiger partial charge in [0.15, 0.2) is 0 Å². The standard InChI is InChI=1S/C13H22N2O3/c1-3-10-12(17)15(8-11(16)14-10)9-13(4-5-13)6-7-18-2/h10H,3-9H2,1-2H3,(H,14,16). The molecule has 1 aliphatic heterocycles. The molecular weight excluding hydrogens is 232 g/mol. The molecule has 1 N–H and O–H groups in total. The molecule has 0 aromatic heterocycles. The summed E-state index contributed by atoms with van der Waals surface area (Å²) in [4.78, 5) is 25.5. The summed E-state index contributed by atoms with van der Waals surface area (Å²) in [5, 5.41) is 2.74. The number of nitrogens with one attached hydrogen (secondary N) is 1. The van der Waals surface area contributed by atoms with E-state index in [1.165, 1.54) is 0 Å². The Kier molecular flexibility index (Phi) is 3.90. The highest BCUT2D eigenvalue weighted by atomic mass is 16.5. The lowest BCUT2D eigenvalue weighted by atomic mass is 10.0. The smallest absolute Gasteiger partial charge is 0.245 e. The minimum atomic E-state index is -0.329. The van der Waals surface area contributed by atoms with Crippen molar-refractivity contribution in [2.75, 3.05) is 26.8 Å². The van der Waals surface area contributed by atoms with E-state index in [9.17, 15) is 9.59 Å². The maximum Gasteiger partial charge on any atom is 0.245 e. The Morgan fingerprint density at radius 1 is 1.44 bits per heavy atom. The van der Waals surface area contributed by atoms with Gasteiger partial charge in [0, 0.05) is 20.3 Å². The van der Waals surface area contributed by atoms with Crippen molar-refractivity contribution in [1.29, 1.82) is 0 Å². The predicted molar refractivity (Wildman–Crippen MR) is 67.0 cm³/mol. The summed E-state index contributed by atoms with van der Waals surface area (Å²) in [6, 6.07) is -0.329. The van der Waals surface area contributed by atoms with Gasteiger partial charge in [-0.2, -0.15) is 0 Å². The van der Waals surface area contributed by atoms with E-state index in [2.05, 4.69) is 5.32 Å². The molecule has 1 atom stereocenters. The van der Waals surface area contributed by atoms with Crippen molar-refractivity contribution in [3.63, 3.8) is 0 Å². The fourth-order valence-corrected chi connectivity index (χ4v) is 2.57. The lowest BCUT2D eigenvalue weighted by Gasteiger charge is -2.34. The van der Waals surface area contributed by atoms with Gasteiger partial charge in [0.2, 0.25) is 11.8 Å². The van der Waals surface area contributed by atoms with Gasteiger partial charge in [0.1, 0.15) is 6.04 Å². The van der Waals surface area contributed by atoms with Crippen molar-refractivity contribution >= 4 is 11.8 Å². The van der Waals surface area contributed by atoms with Crippen molar-refractivity contribution in [2.45, 2.75) is 38.6 Å². The highest BCUT2D eigenvalue weighted by Gasteiger charge is 2.46. The Balaban J connectivity index is 1.95. The first-order valence-electron chi connectivity index (χ1n) is 6.67. The maximum absolute atomic E-state index is 12.2. The zero-order chi connectivity index (χ0) is 13.2. The van der Waals surface area contributed by atoms with Gasteiger partial charge in [-0.1, -0.05) is 6.92 Å². The Labute approximate surface area is 108 Å². The Bertz CT molecular complexity index is 339. The second kappa shape index (κ2) is 5.26. The number of nitrogens with zero attached hydrogens (tertiary/aromatic N) is 1. The molecule has 1 unspecified atom stereocenters. The number of piperazine rings is 1. The Morgan fingerprint density at radius 3 is 2.72 bits per heavy atom. The van der Waals surface area contributed by atoms with Crippen LogP contribution in [0.3, 0.4) is 0 Å². The fourth-order valence-electron chi connectivity index (χ4n) is 2.57. The minimum Gasteiger partial charge on any atom is -0.385 e. The van der Waals surface area contributed by atoms with Crippen LogP contribution in [0.1, 0.15) is 32.6 Å². The molecule has 0 radical (unpaired) electrons. The molecule has 2 amide bonds. The molecule has 1 saturated carbocycles. The van der Waals surface area contributed by atoms with Crippen LogP contribution in [0.5, 0.6) is 0 Å². The SMILES string of the molecule is CCC1NC(=O)CN(CC2(CCOC)CC2)C1=O. The third kappa shape index (κ3) is 2.83. The van der Waals surface area contributed by atoms with Gasteiger partial charge < -0.3 is 15.0 Å². The van der Waals surface area contributed by atoms with Gasteiger partial charge in [0.25, 0.3) is 0 Å². The quantitative estimate of drug-likeness (QED) is 0.752.